The quantitative estimate of drug-likeness (QED) is 0.470. The third-order valence-corrected chi connectivity index (χ3v) is 4.08. The van der Waals surface area contributed by atoms with Crippen LogP contribution in [-0.2, 0) is 0 Å². The van der Waals surface area contributed by atoms with E-state index in [1.165, 1.54) is 10.8 Å². The van der Waals surface area contributed by atoms with Gasteiger partial charge in [-0.15, -0.1) is 0 Å². The lowest BCUT2D eigenvalue weighted by Gasteiger charge is -2.01. The van der Waals surface area contributed by atoms with Gasteiger partial charge in [0.15, 0.2) is 0 Å². The van der Waals surface area contributed by atoms with Crippen LogP contribution in [0.2, 0.25) is 0 Å². The van der Waals surface area contributed by atoms with Crippen molar-refractivity contribution in [1.82, 2.24) is 9.97 Å². The minimum absolute atomic E-state index is 0.741. The summed E-state index contributed by atoms with van der Waals surface area (Å²) < 4.78 is 0. The third kappa shape index (κ3) is 3.39. The molecule has 0 fully saturated rings. The van der Waals surface area contributed by atoms with Gasteiger partial charge in [-0.3, -0.25) is 20.0 Å². The Morgan fingerprint density at radius 3 is 2.08 bits per heavy atom. The average molecular weight is 336 g/mol. The van der Waals surface area contributed by atoms with E-state index < -0.39 is 0 Å². The van der Waals surface area contributed by atoms with Crippen LogP contribution in [0.3, 0.4) is 0 Å². The smallest absolute Gasteiger partial charge is 0.0887 e. The number of hydrogen-bond acceptors (Lipinski definition) is 4. The third-order valence-electron chi connectivity index (χ3n) is 4.08. The summed E-state index contributed by atoms with van der Waals surface area (Å²) in [5.41, 5.74) is 4.19. The lowest BCUT2D eigenvalue weighted by molar-refractivity contribution is 1.24. The van der Waals surface area contributed by atoms with Gasteiger partial charge in [0, 0.05) is 6.21 Å². The van der Waals surface area contributed by atoms with E-state index in [1.807, 2.05) is 42.6 Å². The van der Waals surface area contributed by atoms with Gasteiger partial charge >= 0.3 is 0 Å². The maximum Gasteiger partial charge on any atom is 0.0887 e. The molecular formula is C22H16N4. The van der Waals surface area contributed by atoms with Gasteiger partial charge in [-0.25, -0.2) is 0 Å². The van der Waals surface area contributed by atoms with E-state index in [2.05, 4.69) is 57.0 Å². The van der Waals surface area contributed by atoms with Crippen molar-refractivity contribution in [2.75, 3.05) is 0 Å². The van der Waals surface area contributed by atoms with Gasteiger partial charge in [0.1, 0.15) is 0 Å². The zero-order valence-corrected chi connectivity index (χ0v) is 14.1. The molecule has 2 aromatic carbocycles. The van der Waals surface area contributed by atoms with Crippen LogP contribution in [0.4, 0.5) is 11.4 Å². The maximum absolute atomic E-state index is 4.51. The monoisotopic (exact) mass is 336 g/mol. The molecule has 26 heavy (non-hydrogen) atoms. The molecule has 0 saturated carbocycles. The largest absolute Gasteiger partial charge is 0.263 e. The summed E-state index contributed by atoms with van der Waals surface area (Å²) in [5.74, 6) is 0. The molecule has 0 amide bonds. The SMILES string of the molecule is C=Nc1ccc(-c2ccc(N=Cc3ccc4ccccc4c3)cn2)nc1. The van der Waals surface area contributed by atoms with Gasteiger partial charge in [-0.1, -0.05) is 36.4 Å². The van der Waals surface area contributed by atoms with Crippen molar-refractivity contribution in [3.8, 4) is 11.4 Å². The van der Waals surface area contributed by atoms with Crippen molar-refractivity contribution in [2.24, 2.45) is 9.98 Å². The molecule has 4 aromatic rings. The van der Waals surface area contributed by atoms with Gasteiger partial charge in [0.25, 0.3) is 0 Å². The van der Waals surface area contributed by atoms with Crippen molar-refractivity contribution >= 4 is 35.1 Å². The number of aliphatic imine (C=N–C) groups is 2. The van der Waals surface area contributed by atoms with E-state index in [0.717, 1.165) is 28.3 Å². The van der Waals surface area contributed by atoms with Gasteiger partial charge in [0.2, 0.25) is 0 Å². The average Bonchev–Trinajstić information content (AvgIpc) is 2.72. The molecule has 2 aromatic heterocycles. The molecule has 0 atom stereocenters. The van der Waals surface area contributed by atoms with Crippen LogP contribution in [-0.4, -0.2) is 22.9 Å². The fourth-order valence-corrected chi connectivity index (χ4v) is 2.68. The van der Waals surface area contributed by atoms with Crippen molar-refractivity contribution in [1.29, 1.82) is 0 Å². The molecule has 4 rings (SSSR count). The molecule has 0 N–H and O–H groups in total. The summed E-state index contributed by atoms with van der Waals surface area (Å²) in [7, 11) is 0. The van der Waals surface area contributed by atoms with Crippen LogP contribution in [0.25, 0.3) is 22.2 Å². The normalized spacial score (nSPS) is 11.1. The molecule has 0 aliphatic heterocycles. The molecule has 0 bridgehead atoms. The molecule has 0 radical (unpaired) electrons. The van der Waals surface area contributed by atoms with Crippen molar-refractivity contribution < 1.29 is 0 Å². The van der Waals surface area contributed by atoms with Crippen LogP contribution in [0.1, 0.15) is 5.56 Å². The molecular weight excluding hydrogens is 320 g/mol. The first kappa shape index (κ1) is 15.8. The maximum atomic E-state index is 4.51. The second kappa shape index (κ2) is 7.07. The Morgan fingerprint density at radius 1 is 0.731 bits per heavy atom. The highest BCUT2D eigenvalue weighted by atomic mass is 14.8. The van der Waals surface area contributed by atoms with Crippen LogP contribution < -0.4 is 0 Å². The number of aromatic nitrogens is 2. The predicted octanol–water partition coefficient (Wildman–Crippen LogP) is 5.38. The minimum atomic E-state index is 0.741. The Labute approximate surface area is 151 Å². The first-order valence-electron chi connectivity index (χ1n) is 8.24. The van der Waals surface area contributed by atoms with Crippen molar-refractivity contribution in [3.05, 3.63) is 84.7 Å². The van der Waals surface area contributed by atoms with E-state index in [-0.39, 0.29) is 0 Å². The zero-order chi connectivity index (χ0) is 17.8. The summed E-state index contributed by atoms with van der Waals surface area (Å²) in [6.45, 7) is 3.49. The summed E-state index contributed by atoms with van der Waals surface area (Å²) >= 11 is 0. The highest BCUT2D eigenvalue weighted by Crippen LogP contribution is 2.20. The molecule has 0 unspecified atom stereocenters. The minimum Gasteiger partial charge on any atom is -0.263 e. The first-order valence-corrected chi connectivity index (χ1v) is 8.24. The van der Waals surface area contributed by atoms with E-state index in [4.69, 9.17) is 0 Å². The molecule has 0 saturated heterocycles. The van der Waals surface area contributed by atoms with E-state index in [1.54, 1.807) is 12.4 Å². The Morgan fingerprint density at radius 2 is 1.42 bits per heavy atom. The van der Waals surface area contributed by atoms with Crippen LogP contribution in [0.15, 0.2) is 89.1 Å². The summed E-state index contributed by atoms with van der Waals surface area (Å²) in [6, 6.07) is 22.2. The summed E-state index contributed by atoms with van der Waals surface area (Å²) in [6.07, 6.45) is 5.27. The van der Waals surface area contributed by atoms with Crippen molar-refractivity contribution in [2.45, 2.75) is 0 Å². The highest BCUT2D eigenvalue weighted by molar-refractivity contribution is 5.91. The predicted molar refractivity (Wildman–Crippen MR) is 108 cm³/mol. The van der Waals surface area contributed by atoms with Gasteiger partial charge in [-0.05, 0) is 53.4 Å². The molecule has 4 nitrogen and oxygen atoms in total. The fourth-order valence-electron chi connectivity index (χ4n) is 2.68. The van der Waals surface area contributed by atoms with E-state index in [0.29, 0.717) is 0 Å². The lowest BCUT2D eigenvalue weighted by atomic mass is 10.1. The van der Waals surface area contributed by atoms with Crippen LogP contribution in [0.5, 0.6) is 0 Å². The fraction of sp³-hybridized carbons (Fsp3) is 0. The molecule has 4 heteroatoms. The Hall–Kier alpha value is -3.66. The van der Waals surface area contributed by atoms with E-state index >= 15 is 0 Å². The number of benzene rings is 2. The number of pyridine rings is 2. The molecule has 0 spiro atoms. The molecule has 124 valence electrons. The zero-order valence-electron chi connectivity index (χ0n) is 14.1. The Balaban J connectivity index is 1.54. The van der Waals surface area contributed by atoms with Crippen LogP contribution >= 0.6 is 0 Å². The Bertz CT molecular complexity index is 1080. The Kier molecular flexibility index (Phi) is 4.31. The second-order valence-electron chi connectivity index (χ2n) is 5.83. The van der Waals surface area contributed by atoms with E-state index in [9.17, 15) is 0 Å². The topological polar surface area (TPSA) is 50.5 Å². The van der Waals surface area contributed by atoms with Gasteiger partial charge in [0.05, 0.1) is 35.2 Å². The van der Waals surface area contributed by atoms with Crippen molar-refractivity contribution in [3.63, 3.8) is 0 Å². The lowest BCUT2D eigenvalue weighted by Crippen LogP contribution is -1.86. The summed E-state index contributed by atoms with van der Waals surface area (Å²) in [5, 5.41) is 2.43. The van der Waals surface area contributed by atoms with Crippen LogP contribution in [0, 0.1) is 0 Å². The molecule has 2 heterocycles. The van der Waals surface area contributed by atoms with Gasteiger partial charge < -0.3 is 0 Å². The number of nitrogens with zero attached hydrogens (tertiary/aromatic N) is 4. The van der Waals surface area contributed by atoms with Gasteiger partial charge in [-0.2, -0.15) is 0 Å². The number of hydrogen-bond donors (Lipinski definition) is 0. The standard InChI is InChI=1S/C22H16N4/c1-23-19-8-10-21(25-14-19)22-11-9-20(15-26-22)24-13-16-6-7-17-4-2-3-5-18(17)12-16/h2-15H,1H2. The number of fused-ring (bicyclic) bond motifs is 1. The molecule has 0 aliphatic carbocycles. The highest BCUT2D eigenvalue weighted by Gasteiger charge is 2.01. The summed E-state index contributed by atoms with van der Waals surface area (Å²) in [4.78, 5) is 17.1. The first-order chi connectivity index (χ1) is 12.8. The number of rotatable bonds is 4. The second-order valence-corrected chi connectivity index (χ2v) is 5.83. The molecule has 0 aliphatic rings.